The Balaban J connectivity index is 1.46. The number of aromatic nitrogens is 2. The van der Waals surface area contributed by atoms with E-state index in [1.165, 1.54) is 0 Å². The molecule has 0 aliphatic heterocycles. The Morgan fingerprint density at radius 1 is 0.600 bits per heavy atom. The molecule has 0 aliphatic carbocycles. The van der Waals surface area contributed by atoms with Crippen LogP contribution in [0.2, 0.25) is 20.1 Å². The van der Waals surface area contributed by atoms with Crippen LogP contribution in [-0.2, 0) is 0 Å². The van der Waals surface area contributed by atoms with Crippen molar-refractivity contribution in [3.05, 3.63) is 103 Å². The van der Waals surface area contributed by atoms with E-state index in [2.05, 4.69) is 20.9 Å². The van der Waals surface area contributed by atoms with Crippen molar-refractivity contribution in [3.63, 3.8) is 0 Å². The van der Waals surface area contributed by atoms with Crippen LogP contribution in [0.15, 0.2) is 69.7 Å². The van der Waals surface area contributed by atoms with Crippen LogP contribution in [0.3, 0.4) is 0 Å². The number of rotatable bonds is 6. The minimum Gasteiger partial charge on any atom is -0.360 e. The first kappa shape index (κ1) is 27.7. The van der Waals surface area contributed by atoms with E-state index in [9.17, 15) is 9.59 Å². The maximum atomic E-state index is 13.5. The predicted molar refractivity (Wildman–Crippen MR) is 156 cm³/mol. The summed E-state index contributed by atoms with van der Waals surface area (Å²) in [5.74, 6) is -0.579. The number of amides is 2. The quantitative estimate of drug-likeness (QED) is 0.198. The molecule has 0 spiro atoms. The summed E-state index contributed by atoms with van der Waals surface area (Å²) in [6, 6.07) is 16.6. The molecule has 40 heavy (non-hydrogen) atoms. The molecule has 2 aromatic heterocycles. The van der Waals surface area contributed by atoms with Gasteiger partial charge in [-0.2, -0.15) is 0 Å². The molecule has 5 aromatic rings. The number of hydrogen-bond acceptors (Lipinski definition) is 6. The van der Waals surface area contributed by atoms with Crippen LogP contribution in [0.25, 0.3) is 22.5 Å². The highest BCUT2D eigenvalue weighted by atomic mass is 35.5. The third-order valence-corrected chi connectivity index (χ3v) is 7.26. The van der Waals surface area contributed by atoms with E-state index in [4.69, 9.17) is 55.4 Å². The first-order valence-electron chi connectivity index (χ1n) is 11.7. The minimum absolute atomic E-state index is 0.140. The number of nitrogens with one attached hydrogen (secondary N) is 2. The van der Waals surface area contributed by atoms with E-state index in [1.54, 1.807) is 74.5 Å². The molecule has 0 fully saturated rings. The molecule has 3 aromatic carbocycles. The second kappa shape index (κ2) is 11.3. The maximum Gasteiger partial charge on any atom is 0.261 e. The zero-order valence-corrected chi connectivity index (χ0v) is 23.8. The highest BCUT2D eigenvalue weighted by Gasteiger charge is 2.27. The fraction of sp³-hybridized carbons (Fsp3) is 0.0714. The van der Waals surface area contributed by atoms with Gasteiger partial charge in [0.2, 0.25) is 0 Å². The molecule has 8 nitrogen and oxygen atoms in total. The second-order valence-corrected chi connectivity index (χ2v) is 10.2. The Morgan fingerprint density at radius 3 is 1.30 bits per heavy atom. The molecule has 5 rings (SSSR count). The third-order valence-electron chi connectivity index (χ3n) is 6.00. The lowest BCUT2D eigenvalue weighted by Crippen LogP contribution is -2.18. The average molecular weight is 616 g/mol. The molecule has 0 atom stereocenters. The van der Waals surface area contributed by atoms with Crippen LogP contribution in [0.5, 0.6) is 0 Å². The lowest BCUT2D eigenvalue weighted by atomic mass is 10.0. The number of carbonyl (C=O) groups excluding carboxylic acids is 2. The molecule has 202 valence electrons. The largest absolute Gasteiger partial charge is 0.360 e. The monoisotopic (exact) mass is 614 g/mol. The Labute approximate surface area is 248 Å². The molecule has 2 amide bonds. The van der Waals surface area contributed by atoms with Crippen LogP contribution in [0, 0.1) is 13.8 Å². The normalized spacial score (nSPS) is 10.9. The van der Waals surface area contributed by atoms with Crippen molar-refractivity contribution in [2.75, 3.05) is 10.6 Å². The standard InChI is InChI=1S/C28H18Cl4N4O4/c1-13-21(25(35-39-13)23-15(29)7-5-8-16(23)30)27(37)33-19-11-3-4-12-20(19)34-28(38)22-14(2)40-36-26(22)24-17(31)9-6-10-18(24)32/h3-12H,1-2H3,(H,33,37)(H,34,38). The van der Waals surface area contributed by atoms with Crippen molar-refractivity contribution >= 4 is 69.6 Å². The Morgan fingerprint density at radius 2 is 0.950 bits per heavy atom. The summed E-state index contributed by atoms with van der Waals surface area (Å²) in [5.41, 5.74) is 2.00. The number of anilines is 2. The summed E-state index contributed by atoms with van der Waals surface area (Å²) in [5, 5.41) is 14.9. The molecule has 0 unspecified atom stereocenters. The predicted octanol–water partition coefficient (Wildman–Crippen LogP) is 8.73. The molecule has 0 saturated carbocycles. The summed E-state index contributed by atoms with van der Waals surface area (Å²) in [4.78, 5) is 27.0. The Kier molecular flexibility index (Phi) is 7.87. The van der Waals surface area contributed by atoms with Crippen molar-refractivity contribution in [2.45, 2.75) is 13.8 Å². The second-order valence-electron chi connectivity index (χ2n) is 8.57. The van der Waals surface area contributed by atoms with Crippen LogP contribution >= 0.6 is 46.4 Å². The average Bonchev–Trinajstić information content (AvgIpc) is 3.47. The number of hydrogen-bond donors (Lipinski definition) is 2. The number of benzene rings is 3. The summed E-state index contributed by atoms with van der Waals surface area (Å²) in [6.45, 7) is 3.19. The maximum absolute atomic E-state index is 13.5. The van der Waals surface area contributed by atoms with E-state index >= 15 is 0 Å². The summed E-state index contributed by atoms with van der Waals surface area (Å²) >= 11 is 25.4. The van der Waals surface area contributed by atoms with Crippen LogP contribution < -0.4 is 10.6 Å². The van der Waals surface area contributed by atoms with Gasteiger partial charge in [-0.1, -0.05) is 81.0 Å². The van der Waals surface area contributed by atoms with Crippen LogP contribution in [-0.4, -0.2) is 22.1 Å². The smallest absolute Gasteiger partial charge is 0.261 e. The van der Waals surface area contributed by atoms with Gasteiger partial charge in [-0.3, -0.25) is 9.59 Å². The van der Waals surface area contributed by atoms with Gasteiger partial charge in [-0.05, 0) is 50.2 Å². The van der Waals surface area contributed by atoms with Gasteiger partial charge in [0.25, 0.3) is 11.8 Å². The fourth-order valence-electron chi connectivity index (χ4n) is 4.14. The number of aryl methyl sites for hydroxylation is 2. The topological polar surface area (TPSA) is 110 Å². The molecule has 0 bridgehead atoms. The molecule has 0 aliphatic rings. The van der Waals surface area contributed by atoms with Gasteiger partial charge >= 0.3 is 0 Å². The molecule has 2 N–H and O–H groups in total. The molecule has 12 heteroatoms. The van der Waals surface area contributed by atoms with Gasteiger partial charge in [-0.25, -0.2) is 0 Å². The summed E-state index contributed by atoms with van der Waals surface area (Å²) < 4.78 is 10.6. The SMILES string of the molecule is Cc1onc(-c2c(Cl)cccc2Cl)c1C(=O)Nc1ccccc1NC(=O)c1c(-c2c(Cl)cccc2Cl)noc1C. The van der Waals surface area contributed by atoms with Crippen molar-refractivity contribution in [1.82, 2.24) is 10.3 Å². The lowest BCUT2D eigenvalue weighted by molar-refractivity contribution is 0.101. The minimum atomic E-state index is -0.545. The van der Waals surface area contributed by atoms with Crippen molar-refractivity contribution < 1.29 is 18.6 Å². The summed E-state index contributed by atoms with van der Waals surface area (Å²) in [7, 11) is 0. The van der Waals surface area contributed by atoms with Crippen molar-refractivity contribution in [2.24, 2.45) is 0 Å². The number of carbonyl (C=O) groups is 2. The number of nitrogens with zero attached hydrogens (tertiary/aromatic N) is 2. The third kappa shape index (κ3) is 5.19. The van der Waals surface area contributed by atoms with Gasteiger partial charge in [0.15, 0.2) is 0 Å². The Hall–Kier alpha value is -3.82. The number of halogens is 4. The highest BCUT2D eigenvalue weighted by molar-refractivity contribution is 6.40. The number of para-hydroxylation sites is 2. The molecule has 0 radical (unpaired) electrons. The molecule has 0 saturated heterocycles. The Bertz CT molecular complexity index is 1610. The van der Waals surface area contributed by atoms with Gasteiger partial charge in [0.05, 0.1) is 31.5 Å². The van der Waals surface area contributed by atoms with Crippen LogP contribution in [0.1, 0.15) is 32.2 Å². The van der Waals surface area contributed by atoms with E-state index in [-0.39, 0.29) is 34.0 Å². The molecular formula is C28H18Cl4N4O4. The van der Waals surface area contributed by atoms with Crippen LogP contribution in [0.4, 0.5) is 11.4 Å². The van der Waals surface area contributed by atoms with E-state index in [0.717, 1.165) is 0 Å². The highest BCUT2D eigenvalue weighted by Crippen LogP contribution is 2.39. The first-order chi connectivity index (χ1) is 19.2. The van der Waals surface area contributed by atoms with Gasteiger partial charge in [-0.15, -0.1) is 0 Å². The van der Waals surface area contributed by atoms with Crippen molar-refractivity contribution in [1.29, 1.82) is 0 Å². The first-order valence-corrected chi connectivity index (χ1v) is 13.2. The summed E-state index contributed by atoms with van der Waals surface area (Å²) in [6.07, 6.45) is 0. The van der Waals surface area contributed by atoms with E-state index in [1.807, 2.05) is 0 Å². The van der Waals surface area contributed by atoms with E-state index in [0.29, 0.717) is 42.6 Å². The molecular weight excluding hydrogens is 598 g/mol. The molecule has 2 heterocycles. The van der Waals surface area contributed by atoms with Gasteiger partial charge in [0.1, 0.15) is 34.0 Å². The zero-order valence-electron chi connectivity index (χ0n) is 20.8. The van der Waals surface area contributed by atoms with Gasteiger partial charge < -0.3 is 19.7 Å². The van der Waals surface area contributed by atoms with Gasteiger partial charge in [0, 0.05) is 11.1 Å². The zero-order chi connectivity index (χ0) is 28.6. The van der Waals surface area contributed by atoms with E-state index < -0.39 is 11.8 Å². The lowest BCUT2D eigenvalue weighted by Gasteiger charge is -2.13. The van der Waals surface area contributed by atoms with Crippen molar-refractivity contribution in [3.8, 4) is 22.5 Å². The fourth-order valence-corrected chi connectivity index (χ4v) is 5.29.